The van der Waals surface area contributed by atoms with E-state index in [4.69, 9.17) is 9.97 Å². The normalized spacial score (nSPS) is 15.3. The number of hydrogen-bond acceptors (Lipinski definition) is 5. The molecule has 1 aromatic heterocycles. The summed E-state index contributed by atoms with van der Waals surface area (Å²) in [6, 6.07) is 14.3. The van der Waals surface area contributed by atoms with E-state index in [1.165, 1.54) is 5.56 Å². The highest BCUT2D eigenvalue weighted by atomic mass is 32.2. The largest absolute Gasteiger partial charge is 0.355 e. The molecule has 186 valence electrons. The Morgan fingerprint density at radius 1 is 0.886 bits per heavy atom. The van der Waals surface area contributed by atoms with Crippen LogP contribution in [-0.4, -0.2) is 48.9 Å². The van der Waals surface area contributed by atoms with Gasteiger partial charge in [-0.15, -0.1) is 0 Å². The van der Waals surface area contributed by atoms with E-state index in [-0.39, 0.29) is 0 Å². The van der Waals surface area contributed by atoms with Crippen LogP contribution >= 0.6 is 0 Å². The molecule has 35 heavy (non-hydrogen) atoms. The molecule has 0 radical (unpaired) electrons. The molecule has 6 nitrogen and oxygen atoms in total. The van der Waals surface area contributed by atoms with Gasteiger partial charge in [0, 0.05) is 43.9 Å². The molecule has 1 saturated heterocycles. The fourth-order valence-corrected chi connectivity index (χ4v) is 7.10. The van der Waals surface area contributed by atoms with E-state index >= 15 is 0 Å². The molecular formula is C28H36N4O2S. The predicted octanol–water partition coefficient (Wildman–Crippen LogP) is 4.76. The topological polar surface area (TPSA) is 66.4 Å². The minimum atomic E-state index is -3.57. The average molecular weight is 493 g/mol. The lowest BCUT2D eigenvalue weighted by atomic mass is 10.0. The molecule has 1 fully saturated rings. The SMILES string of the molecule is CCc1nc(C)nc(N2CCCN(S(=O)(=O)c3c(C)cc(C)cc3C)CC2)c1Cc1ccccc1. The van der Waals surface area contributed by atoms with Crippen molar-refractivity contribution in [3.05, 3.63) is 81.8 Å². The van der Waals surface area contributed by atoms with Crippen molar-refractivity contribution in [2.45, 2.75) is 58.8 Å². The number of aromatic nitrogens is 2. The van der Waals surface area contributed by atoms with Crippen LogP contribution < -0.4 is 4.90 Å². The van der Waals surface area contributed by atoms with Crippen LogP contribution in [0.2, 0.25) is 0 Å². The molecule has 4 rings (SSSR count). The maximum atomic E-state index is 13.7. The maximum Gasteiger partial charge on any atom is 0.243 e. The molecule has 0 bridgehead atoms. The highest BCUT2D eigenvalue weighted by Crippen LogP contribution is 2.29. The van der Waals surface area contributed by atoms with Gasteiger partial charge in [0.15, 0.2) is 0 Å². The molecule has 1 aliphatic rings. The molecule has 3 aromatic rings. The Balaban J connectivity index is 1.64. The molecular weight excluding hydrogens is 456 g/mol. The number of sulfonamides is 1. The smallest absolute Gasteiger partial charge is 0.243 e. The third kappa shape index (κ3) is 5.41. The van der Waals surface area contributed by atoms with Crippen molar-refractivity contribution in [1.29, 1.82) is 0 Å². The van der Waals surface area contributed by atoms with Gasteiger partial charge in [-0.25, -0.2) is 18.4 Å². The Bertz CT molecular complexity index is 1280. The van der Waals surface area contributed by atoms with Crippen LogP contribution in [0.3, 0.4) is 0 Å². The first-order valence-electron chi connectivity index (χ1n) is 12.4. The van der Waals surface area contributed by atoms with Crippen LogP contribution in [0.15, 0.2) is 47.4 Å². The van der Waals surface area contributed by atoms with Crippen molar-refractivity contribution in [1.82, 2.24) is 14.3 Å². The fourth-order valence-electron chi connectivity index (χ4n) is 5.22. The van der Waals surface area contributed by atoms with Gasteiger partial charge in [0.05, 0.1) is 4.90 Å². The van der Waals surface area contributed by atoms with E-state index in [0.29, 0.717) is 24.5 Å². The van der Waals surface area contributed by atoms with Gasteiger partial charge < -0.3 is 4.90 Å². The van der Waals surface area contributed by atoms with Crippen molar-refractivity contribution in [2.24, 2.45) is 0 Å². The summed E-state index contributed by atoms with van der Waals surface area (Å²) in [6.45, 7) is 12.2. The zero-order chi connectivity index (χ0) is 25.2. The zero-order valence-electron chi connectivity index (χ0n) is 21.5. The van der Waals surface area contributed by atoms with Gasteiger partial charge in [0.25, 0.3) is 0 Å². The van der Waals surface area contributed by atoms with E-state index in [9.17, 15) is 8.42 Å². The van der Waals surface area contributed by atoms with Crippen LogP contribution in [0.5, 0.6) is 0 Å². The van der Waals surface area contributed by atoms with Gasteiger partial charge in [-0.1, -0.05) is 55.0 Å². The summed E-state index contributed by atoms with van der Waals surface area (Å²) < 4.78 is 29.0. The van der Waals surface area contributed by atoms with Crippen LogP contribution in [0.25, 0.3) is 0 Å². The summed E-state index contributed by atoms with van der Waals surface area (Å²) in [5.74, 6) is 1.70. The molecule has 0 unspecified atom stereocenters. The summed E-state index contributed by atoms with van der Waals surface area (Å²) in [5.41, 5.74) is 6.14. The minimum Gasteiger partial charge on any atom is -0.355 e. The van der Waals surface area contributed by atoms with Gasteiger partial charge in [-0.2, -0.15) is 4.31 Å². The molecule has 1 aliphatic heterocycles. The molecule has 0 N–H and O–H groups in total. The van der Waals surface area contributed by atoms with Gasteiger partial charge in [0.2, 0.25) is 10.0 Å². The number of aryl methyl sites for hydroxylation is 5. The quantitative estimate of drug-likeness (QED) is 0.496. The Hall–Kier alpha value is -2.77. The molecule has 7 heteroatoms. The highest BCUT2D eigenvalue weighted by molar-refractivity contribution is 7.89. The second-order valence-corrected chi connectivity index (χ2v) is 11.4. The lowest BCUT2D eigenvalue weighted by molar-refractivity contribution is 0.432. The third-order valence-electron chi connectivity index (χ3n) is 6.70. The molecule has 2 heterocycles. The first-order chi connectivity index (χ1) is 16.7. The Kier molecular flexibility index (Phi) is 7.57. The molecule has 0 atom stereocenters. The summed E-state index contributed by atoms with van der Waals surface area (Å²) >= 11 is 0. The van der Waals surface area contributed by atoms with E-state index < -0.39 is 10.0 Å². The number of nitrogens with zero attached hydrogens (tertiary/aromatic N) is 4. The van der Waals surface area contributed by atoms with Crippen molar-refractivity contribution in [3.8, 4) is 0 Å². The summed E-state index contributed by atoms with van der Waals surface area (Å²) in [4.78, 5) is 12.3. The van der Waals surface area contributed by atoms with Crippen molar-refractivity contribution in [3.63, 3.8) is 0 Å². The van der Waals surface area contributed by atoms with E-state index in [1.54, 1.807) is 4.31 Å². The monoisotopic (exact) mass is 492 g/mol. The van der Waals surface area contributed by atoms with Crippen molar-refractivity contribution >= 4 is 15.8 Å². The van der Waals surface area contributed by atoms with Gasteiger partial charge in [-0.3, -0.25) is 0 Å². The third-order valence-corrected chi connectivity index (χ3v) is 8.90. The Labute approximate surface area is 210 Å². The number of rotatable bonds is 6. The number of hydrogen-bond donors (Lipinski definition) is 0. The lowest BCUT2D eigenvalue weighted by Crippen LogP contribution is -2.36. The number of anilines is 1. The second-order valence-electron chi connectivity index (χ2n) is 9.51. The molecule has 0 aliphatic carbocycles. The summed E-state index contributed by atoms with van der Waals surface area (Å²) in [5, 5.41) is 0. The standard InChI is InChI=1S/C28H36N4O2S/c1-6-26-25(19-24-11-8-7-9-12-24)28(30-23(5)29-26)31-13-10-14-32(16-15-31)35(33,34)27-21(3)17-20(2)18-22(27)4/h7-9,11-12,17-18H,6,10,13-16,19H2,1-5H3. The van der Waals surface area contributed by atoms with Crippen LogP contribution in [-0.2, 0) is 22.9 Å². The fraction of sp³-hybridized carbons (Fsp3) is 0.429. The van der Waals surface area contributed by atoms with E-state index in [0.717, 1.165) is 65.4 Å². The minimum absolute atomic E-state index is 0.435. The van der Waals surface area contributed by atoms with Crippen LogP contribution in [0.1, 0.15) is 52.7 Å². The van der Waals surface area contributed by atoms with Gasteiger partial charge in [0.1, 0.15) is 11.6 Å². The summed E-state index contributed by atoms with van der Waals surface area (Å²) in [6.07, 6.45) is 2.34. The van der Waals surface area contributed by atoms with E-state index in [1.807, 2.05) is 45.9 Å². The highest BCUT2D eigenvalue weighted by Gasteiger charge is 2.30. The first kappa shape index (κ1) is 25.3. The van der Waals surface area contributed by atoms with Crippen LogP contribution in [0, 0.1) is 27.7 Å². The zero-order valence-corrected chi connectivity index (χ0v) is 22.3. The summed E-state index contributed by atoms with van der Waals surface area (Å²) in [7, 11) is -3.57. The van der Waals surface area contributed by atoms with Crippen molar-refractivity contribution in [2.75, 3.05) is 31.1 Å². The van der Waals surface area contributed by atoms with Crippen LogP contribution in [0.4, 0.5) is 5.82 Å². The molecule has 0 saturated carbocycles. The Morgan fingerprint density at radius 3 is 2.23 bits per heavy atom. The van der Waals surface area contributed by atoms with Gasteiger partial charge >= 0.3 is 0 Å². The van der Waals surface area contributed by atoms with Gasteiger partial charge in [-0.05, 0) is 57.2 Å². The molecule has 0 amide bonds. The van der Waals surface area contributed by atoms with E-state index in [2.05, 4.69) is 36.1 Å². The Morgan fingerprint density at radius 2 is 1.57 bits per heavy atom. The maximum absolute atomic E-state index is 13.7. The van der Waals surface area contributed by atoms with Crippen molar-refractivity contribution < 1.29 is 8.42 Å². The number of benzene rings is 2. The average Bonchev–Trinajstić information content (AvgIpc) is 3.06. The first-order valence-corrected chi connectivity index (χ1v) is 13.9. The lowest BCUT2D eigenvalue weighted by Gasteiger charge is -2.26. The second kappa shape index (κ2) is 10.5. The molecule has 2 aromatic carbocycles. The molecule has 0 spiro atoms. The predicted molar refractivity (Wildman–Crippen MR) is 142 cm³/mol.